The highest BCUT2D eigenvalue weighted by atomic mass is 15.3. The third-order valence-electron chi connectivity index (χ3n) is 2.21. The van der Waals surface area contributed by atoms with Crippen molar-refractivity contribution in [1.82, 2.24) is 15.0 Å². The van der Waals surface area contributed by atoms with Gasteiger partial charge in [-0.05, 0) is 18.6 Å². The Kier molecular flexibility index (Phi) is 3.07. The summed E-state index contributed by atoms with van der Waals surface area (Å²) in [6, 6.07) is 5.61. The fourth-order valence-corrected chi connectivity index (χ4v) is 1.38. The van der Waals surface area contributed by atoms with E-state index >= 15 is 0 Å². The molecule has 5 heteroatoms. The summed E-state index contributed by atoms with van der Waals surface area (Å²) in [5.74, 6) is 6.62. The third-order valence-corrected chi connectivity index (χ3v) is 2.21. The second kappa shape index (κ2) is 4.67. The number of nitrogens with zero attached hydrogens (tertiary/aromatic N) is 3. The van der Waals surface area contributed by atoms with E-state index < -0.39 is 0 Å². The number of aromatic nitrogens is 3. The minimum absolute atomic E-state index is 0.616. The van der Waals surface area contributed by atoms with Gasteiger partial charge in [0.1, 0.15) is 5.82 Å². The lowest BCUT2D eigenvalue weighted by Crippen LogP contribution is -2.10. The second-order valence-corrected chi connectivity index (χ2v) is 3.31. The van der Waals surface area contributed by atoms with Crippen LogP contribution in [0.4, 0.5) is 5.82 Å². The van der Waals surface area contributed by atoms with E-state index in [0.29, 0.717) is 11.6 Å². The summed E-state index contributed by atoms with van der Waals surface area (Å²) >= 11 is 0. The fraction of sp³-hybridized carbons (Fsp3) is 0.182. The van der Waals surface area contributed by atoms with Gasteiger partial charge in [0.2, 0.25) is 0 Å². The van der Waals surface area contributed by atoms with E-state index in [0.717, 1.165) is 17.7 Å². The van der Waals surface area contributed by atoms with Crippen molar-refractivity contribution in [2.75, 3.05) is 5.43 Å². The number of rotatable bonds is 3. The van der Waals surface area contributed by atoms with Crippen LogP contribution in [0, 0.1) is 0 Å². The van der Waals surface area contributed by atoms with Crippen molar-refractivity contribution in [3.05, 3.63) is 36.3 Å². The molecule has 0 saturated carbocycles. The van der Waals surface area contributed by atoms with Gasteiger partial charge in [-0.1, -0.05) is 6.92 Å². The number of hydrogen-bond donors (Lipinski definition) is 2. The van der Waals surface area contributed by atoms with E-state index in [9.17, 15) is 0 Å². The number of nitrogen functional groups attached to an aromatic ring is 1. The molecule has 2 heterocycles. The molecular formula is C11H13N5. The number of anilines is 1. The molecule has 0 aliphatic rings. The summed E-state index contributed by atoms with van der Waals surface area (Å²) in [5, 5.41) is 0. The zero-order chi connectivity index (χ0) is 11.4. The molecule has 0 radical (unpaired) electrons. The molecule has 0 aromatic carbocycles. The van der Waals surface area contributed by atoms with Crippen LogP contribution in [0.3, 0.4) is 0 Å². The van der Waals surface area contributed by atoms with E-state index in [1.807, 2.05) is 25.1 Å². The Morgan fingerprint density at radius 1 is 1.38 bits per heavy atom. The lowest BCUT2D eigenvalue weighted by Gasteiger charge is -2.05. The Morgan fingerprint density at radius 3 is 2.88 bits per heavy atom. The molecule has 5 nitrogen and oxygen atoms in total. The number of pyridine rings is 1. The molecule has 0 unspecified atom stereocenters. The fourth-order valence-electron chi connectivity index (χ4n) is 1.38. The van der Waals surface area contributed by atoms with Crippen LogP contribution in [-0.2, 0) is 6.42 Å². The van der Waals surface area contributed by atoms with Gasteiger partial charge in [0.05, 0.1) is 0 Å². The van der Waals surface area contributed by atoms with Crippen LogP contribution in [0.5, 0.6) is 0 Å². The number of aryl methyl sites for hydroxylation is 1. The molecule has 0 atom stereocenters. The van der Waals surface area contributed by atoms with Crippen molar-refractivity contribution in [1.29, 1.82) is 0 Å². The topological polar surface area (TPSA) is 76.7 Å². The van der Waals surface area contributed by atoms with Gasteiger partial charge >= 0.3 is 0 Å². The SMILES string of the molecule is CCc1cc(NN)nc(-c2cccnc2)n1. The van der Waals surface area contributed by atoms with Gasteiger partial charge < -0.3 is 5.43 Å². The smallest absolute Gasteiger partial charge is 0.163 e. The quantitative estimate of drug-likeness (QED) is 0.597. The van der Waals surface area contributed by atoms with Crippen LogP contribution in [0.25, 0.3) is 11.4 Å². The highest BCUT2D eigenvalue weighted by molar-refractivity contribution is 5.56. The van der Waals surface area contributed by atoms with Crippen molar-refractivity contribution in [2.45, 2.75) is 13.3 Å². The minimum atomic E-state index is 0.616. The molecule has 2 aromatic heterocycles. The Morgan fingerprint density at radius 2 is 2.25 bits per heavy atom. The van der Waals surface area contributed by atoms with Crippen LogP contribution >= 0.6 is 0 Å². The highest BCUT2D eigenvalue weighted by Crippen LogP contribution is 2.16. The van der Waals surface area contributed by atoms with Crippen LogP contribution in [0.1, 0.15) is 12.6 Å². The molecule has 2 aromatic rings. The molecule has 16 heavy (non-hydrogen) atoms. The lowest BCUT2D eigenvalue weighted by molar-refractivity contribution is 1.00. The number of nitrogens with one attached hydrogen (secondary N) is 1. The average molecular weight is 215 g/mol. The van der Waals surface area contributed by atoms with Crippen molar-refractivity contribution in [2.24, 2.45) is 5.84 Å². The molecule has 0 amide bonds. The van der Waals surface area contributed by atoms with E-state index in [1.54, 1.807) is 12.4 Å². The van der Waals surface area contributed by atoms with E-state index in [2.05, 4.69) is 20.4 Å². The first kappa shape index (κ1) is 10.5. The van der Waals surface area contributed by atoms with Gasteiger partial charge in [0.15, 0.2) is 5.82 Å². The summed E-state index contributed by atoms with van der Waals surface area (Å²) in [4.78, 5) is 12.7. The maximum Gasteiger partial charge on any atom is 0.163 e. The van der Waals surface area contributed by atoms with E-state index in [4.69, 9.17) is 5.84 Å². The predicted molar refractivity (Wildman–Crippen MR) is 62.5 cm³/mol. The normalized spacial score (nSPS) is 10.1. The lowest BCUT2D eigenvalue weighted by atomic mass is 10.2. The molecule has 0 fully saturated rings. The Hall–Kier alpha value is -2.01. The van der Waals surface area contributed by atoms with Crippen molar-refractivity contribution < 1.29 is 0 Å². The molecule has 82 valence electrons. The number of hydrazine groups is 1. The van der Waals surface area contributed by atoms with Gasteiger partial charge in [-0.15, -0.1) is 0 Å². The van der Waals surface area contributed by atoms with Gasteiger partial charge in [0, 0.05) is 29.7 Å². The monoisotopic (exact) mass is 215 g/mol. The summed E-state index contributed by atoms with van der Waals surface area (Å²) in [6.45, 7) is 2.04. The van der Waals surface area contributed by atoms with Crippen LogP contribution < -0.4 is 11.3 Å². The molecule has 2 rings (SSSR count). The predicted octanol–water partition coefficient (Wildman–Crippen LogP) is 1.39. The Labute approximate surface area is 93.7 Å². The van der Waals surface area contributed by atoms with Crippen molar-refractivity contribution in [3.63, 3.8) is 0 Å². The molecule has 3 N–H and O–H groups in total. The third kappa shape index (κ3) is 2.14. The molecular weight excluding hydrogens is 202 g/mol. The Bertz CT molecular complexity index is 447. The Balaban J connectivity index is 2.48. The summed E-state index contributed by atoms with van der Waals surface area (Å²) in [5.41, 5.74) is 4.37. The van der Waals surface area contributed by atoms with Crippen LogP contribution in [0.15, 0.2) is 30.6 Å². The van der Waals surface area contributed by atoms with Crippen LogP contribution in [-0.4, -0.2) is 15.0 Å². The summed E-state index contributed by atoms with van der Waals surface area (Å²) in [6.07, 6.45) is 4.29. The maximum absolute atomic E-state index is 5.36. The first-order valence-electron chi connectivity index (χ1n) is 5.08. The summed E-state index contributed by atoms with van der Waals surface area (Å²) < 4.78 is 0. The number of nitrogens with two attached hydrogens (primary N) is 1. The van der Waals surface area contributed by atoms with Gasteiger partial charge in [0.25, 0.3) is 0 Å². The molecule has 0 aliphatic heterocycles. The number of hydrogen-bond acceptors (Lipinski definition) is 5. The van der Waals surface area contributed by atoms with E-state index in [1.165, 1.54) is 0 Å². The zero-order valence-corrected chi connectivity index (χ0v) is 9.01. The zero-order valence-electron chi connectivity index (χ0n) is 9.01. The van der Waals surface area contributed by atoms with Gasteiger partial charge in [-0.2, -0.15) is 0 Å². The largest absolute Gasteiger partial charge is 0.308 e. The minimum Gasteiger partial charge on any atom is -0.308 e. The first-order chi connectivity index (χ1) is 7.83. The standard InChI is InChI=1S/C11H13N5/c1-2-9-6-10(16-12)15-11(14-9)8-4-3-5-13-7-8/h3-7H,2,12H2,1H3,(H,14,15,16). The van der Waals surface area contributed by atoms with E-state index in [-0.39, 0.29) is 0 Å². The van der Waals surface area contributed by atoms with Gasteiger partial charge in [-0.3, -0.25) is 4.98 Å². The summed E-state index contributed by atoms with van der Waals surface area (Å²) in [7, 11) is 0. The highest BCUT2D eigenvalue weighted by Gasteiger charge is 2.05. The molecule has 0 saturated heterocycles. The van der Waals surface area contributed by atoms with Crippen LogP contribution in [0.2, 0.25) is 0 Å². The molecule has 0 aliphatic carbocycles. The second-order valence-electron chi connectivity index (χ2n) is 3.31. The molecule has 0 bridgehead atoms. The van der Waals surface area contributed by atoms with Crippen molar-refractivity contribution >= 4 is 5.82 Å². The van der Waals surface area contributed by atoms with Crippen molar-refractivity contribution in [3.8, 4) is 11.4 Å². The average Bonchev–Trinajstić information content (AvgIpc) is 2.39. The molecule has 0 spiro atoms. The van der Waals surface area contributed by atoms with Gasteiger partial charge in [-0.25, -0.2) is 15.8 Å². The maximum atomic E-state index is 5.36. The first-order valence-corrected chi connectivity index (χ1v) is 5.08.